The predicted octanol–water partition coefficient (Wildman–Crippen LogP) is 2.67. The van der Waals surface area contributed by atoms with E-state index in [9.17, 15) is 4.79 Å². The first kappa shape index (κ1) is 15.6. The number of carbonyl (C=O) groups is 1. The van der Waals surface area contributed by atoms with E-state index < -0.39 is 0 Å². The number of hydrogen-bond acceptors (Lipinski definition) is 4. The van der Waals surface area contributed by atoms with E-state index in [4.69, 9.17) is 9.47 Å². The van der Waals surface area contributed by atoms with Crippen LogP contribution >= 0.6 is 0 Å². The van der Waals surface area contributed by atoms with E-state index in [0.29, 0.717) is 19.6 Å². The summed E-state index contributed by atoms with van der Waals surface area (Å²) in [7, 11) is 1.45. The smallest absolute Gasteiger partial charge is 0.323 e. The maximum Gasteiger partial charge on any atom is 0.323 e. The summed E-state index contributed by atoms with van der Waals surface area (Å²) in [6, 6.07) is 17.7. The summed E-state index contributed by atoms with van der Waals surface area (Å²) < 4.78 is 10.7. The van der Waals surface area contributed by atoms with E-state index in [1.165, 1.54) is 18.2 Å². The third-order valence-corrected chi connectivity index (χ3v) is 4.21. The van der Waals surface area contributed by atoms with Crippen molar-refractivity contribution < 1.29 is 14.3 Å². The van der Waals surface area contributed by atoms with E-state index >= 15 is 0 Å². The zero-order chi connectivity index (χ0) is 16.1. The molecule has 1 unspecified atom stereocenters. The number of nitrogens with zero attached hydrogens (tertiary/aromatic N) is 1. The number of rotatable bonds is 5. The predicted molar refractivity (Wildman–Crippen MR) is 88.3 cm³/mol. The molecule has 0 radical (unpaired) electrons. The van der Waals surface area contributed by atoms with E-state index in [0.717, 1.165) is 12.3 Å². The molecule has 0 saturated carbocycles. The second kappa shape index (κ2) is 7.29. The van der Waals surface area contributed by atoms with Gasteiger partial charge in [-0.1, -0.05) is 42.5 Å². The van der Waals surface area contributed by atoms with Gasteiger partial charge in [0.2, 0.25) is 0 Å². The maximum atomic E-state index is 12.1. The molecule has 0 fully saturated rings. The molecule has 1 aliphatic rings. The number of hydrogen-bond donors (Lipinski definition) is 0. The molecule has 1 atom stereocenters. The lowest BCUT2D eigenvalue weighted by Crippen LogP contribution is -2.47. The molecule has 1 heterocycles. The maximum absolute atomic E-state index is 12.1. The van der Waals surface area contributed by atoms with Crippen molar-refractivity contribution in [3.63, 3.8) is 0 Å². The minimum atomic E-state index is -0.241. The number of carbonyl (C=O) groups excluding carboxylic acids is 1. The molecule has 0 N–H and O–H groups in total. The third kappa shape index (κ3) is 3.71. The van der Waals surface area contributed by atoms with Crippen LogP contribution in [-0.4, -0.2) is 37.2 Å². The third-order valence-electron chi connectivity index (χ3n) is 4.21. The van der Waals surface area contributed by atoms with Gasteiger partial charge in [-0.25, -0.2) is 0 Å². The normalized spacial score (nSPS) is 17.3. The van der Waals surface area contributed by atoms with Gasteiger partial charge in [-0.15, -0.1) is 0 Å². The number of ether oxygens (including phenoxy) is 2. The van der Waals surface area contributed by atoms with Crippen LogP contribution in [-0.2, 0) is 22.5 Å². The molecule has 120 valence electrons. The van der Waals surface area contributed by atoms with Crippen LogP contribution in [0.4, 0.5) is 0 Å². The monoisotopic (exact) mass is 311 g/mol. The average Bonchev–Trinajstić information content (AvgIpc) is 2.61. The van der Waals surface area contributed by atoms with Gasteiger partial charge < -0.3 is 9.47 Å². The Hall–Kier alpha value is -2.33. The molecule has 2 aromatic carbocycles. The molecule has 3 rings (SSSR count). The number of esters is 1. The molecule has 0 bridgehead atoms. The fourth-order valence-corrected chi connectivity index (χ4v) is 2.98. The highest BCUT2D eigenvalue weighted by molar-refractivity contribution is 5.76. The summed E-state index contributed by atoms with van der Waals surface area (Å²) in [6.07, 6.45) is 0.689. The number of para-hydroxylation sites is 1. The standard InChI is InChI=1S/C19H21NO3/c1-22-19(21)18-13-15-7-5-6-8-16(15)14-20(18)11-12-23-17-9-3-2-4-10-17/h2-10,18H,11-14H2,1H3. The van der Waals surface area contributed by atoms with Crippen molar-refractivity contribution in [2.45, 2.75) is 19.0 Å². The van der Waals surface area contributed by atoms with Gasteiger partial charge in [-0.3, -0.25) is 9.69 Å². The van der Waals surface area contributed by atoms with Crippen LogP contribution in [0.5, 0.6) is 5.75 Å². The zero-order valence-corrected chi connectivity index (χ0v) is 13.3. The average molecular weight is 311 g/mol. The molecule has 0 aromatic heterocycles. The van der Waals surface area contributed by atoms with E-state index in [2.05, 4.69) is 17.0 Å². The first-order valence-electron chi connectivity index (χ1n) is 7.84. The minimum absolute atomic E-state index is 0.181. The van der Waals surface area contributed by atoms with Crippen LogP contribution in [0.1, 0.15) is 11.1 Å². The summed E-state index contributed by atoms with van der Waals surface area (Å²) in [5, 5.41) is 0. The summed E-state index contributed by atoms with van der Waals surface area (Å²) in [4.78, 5) is 14.3. The quantitative estimate of drug-likeness (QED) is 0.796. The molecule has 23 heavy (non-hydrogen) atoms. The van der Waals surface area contributed by atoms with Gasteiger partial charge in [-0.2, -0.15) is 0 Å². The van der Waals surface area contributed by atoms with Crippen LogP contribution in [0, 0.1) is 0 Å². The van der Waals surface area contributed by atoms with E-state index in [-0.39, 0.29) is 12.0 Å². The summed E-state index contributed by atoms with van der Waals surface area (Å²) in [5.74, 6) is 0.666. The van der Waals surface area contributed by atoms with Crippen molar-refractivity contribution in [1.29, 1.82) is 0 Å². The Kier molecular flexibility index (Phi) is 4.93. The lowest BCUT2D eigenvalue weighted by atomic mass is 9.94. The second-order valence-corrected chi connectivity index (χ2v) is 5.64. The Morgan fingerprint density at radius 1 is 1.09 bits per heavy atom. The van der Waals surface area contributed by atoms with Crippen LogP contribution in [0.2, 0.25) is 0 Å². The minimum Gasteiger partial charge on any atom is -0.492 e. The van der Waals surface area contributed by atoms with Gasteiger partial charge in [0.15, 0.2) is 0 Å². The highest BCUT2D eigenvalue weighted by Crippen LogP contribution is 2.23. The largest absolute Gasteiger partial charge is 0.492 e. The molecule has 0 spiro atoms. The SMILES string of the molecule is COC(=O)C1Cc2ccccc2CN1CCOc1ccccc1. The molecule has 2 aromatic rings. The van der Waals surface area contributed by atoms with Crippen molar-refractivity contribution in [2.24, 2.45) is 0 Å². The second-order valence-electron chi connectivity index (χ2n) is 5.64. The van der Waals surface area contributed by atoms with Gasteiger partial charge in [0.25, 0.3) is 0 Å². The molecular weight excluding hydrogens is 290 g/mol. The molecule has 0 saturated heterocycles. The fraction of sp³-hybridized carbons (Fsp3) is 0.316. The Morgan fingerprint density at radius 3 is 2.52 bits per heavy atom. The van der Waals surface area contributed by atoms with Crippen molar-refractivity contribution in [3.8, 4) is 5.75 Å². The van der Waals surface area contributed by atoms with Crippen molar-refractivity contribution in [3.05, 3.63) is 65.7 Å². The first-order valence-corrected chi connectivity index (χ1v) is 7.84. The fourth-order valence-electron chi connectivity index (χ4n) is 2.98. The van der Waals surface area contributed by atoms with Gasteiger partial charge in [0.05, 0.1) is 7.11 Å². The van der Waals surface area contributed by atoms with Crippen molar-refractivity contribution in [2.75, 3.05) is 20.3 Å². The number of methoxy groups -OCH3 is 1. The highest BCUT2D eigenvalue weighted by Gasteiger charge is 2.31. The van der Waals surface area contributed by atoms with Crippen LogP contribution in [0.25, 0.3) is 0 Å². The molecular formula is C19H21NO3. The topological polar surface area (TPSA) is 38.8 Å². The molecule has 4 heteroatoms. The van der Waals surface area contributed by atoms with Gasteiger partial charge in [0, 0.05) is 13.1 Å². The molecule has 0 aliphatic carbocycles. The zero-order valence-electron chi connectivity index (χ0n) is 13.3. The molecule has 4 nitrogen and oxygen atoms in total. The molecule has 0 amide bonds. The first-order chi connectivity index (χ1) is 11.3. The van der Waals surface area contributed by atoms with E-state index in [1.807, 2.05) is 42.5 Å². The number of fused-ring (bicyclic) bond motifs is 1. The lowest BCUT2D eigenvalue weighted by molar-refractivity contribution is -0.147. The van der Waals surface area contributed by atoms with Gasteiger partial charge >= 0.3 is 5.97 Å². The van der Waals surface area contributed by atoms with Gasteiger partial charge in [0.1, 0.15) is 18.4 Å². The summed E-state index contributed by atoms with van der Waals surface area (Å²) in [6.45, 7) is 1.97. The van der Waals surface area contributed by atoms with Crippen molar-refractivity contribution >= 4 is 5.97 Å². The lowest BCUT2D eigenvalue weighted by Gasteiger charge is -2.34. The van der Waals surface area contributed by atoms with Gasteiger partial charge in [-0.05, 0) is 29.7 Å². The highest BCUT2D eigenvalue weighted by atomic mass is 16.5. The van der Waals surface area contributed by atoms with Crippen LogP contribution in [0.15, 0.2) is 54.6 Å². The Morgan fingerprint density at radius 2 is 1.78 bits per heavy atom. The van der Waals surface area contributed by atoms with Crippen LogP contribution < -0.4 is 4.74 Å². The Bertz CT molecular complexity index is 657. The Balaban J connectivity index is 1.67. The van der Waals surface area contributed by atoms with Crippen molar-refractivity contribution in [1.82, 2.24) is 4.90 Å². The van der Waals surface area contributed by atoms with E-state index in [1.54, 1.807) is 0 Å². The Labute approximate surface area is 136 Å². The molecule has 1 aliphatic heterocycles. The van der Waals surface area contributed by atoms with Crippen LogP contribution in [0.3, 0.4) is 0 Å². The summed E-state index contributed by atoms with van der Waals surface area (Å²) >= 11 is 0. The summed E-state index contributed by atoms with van der Waals surface area (Å²) in [5.41, 5.74) is 2.50. The number of benzene rings is 2.